The third kappa shape index (κ3) is 6.97. The van der Waals surface area contributed by atoms with Crippen molar-refractivity contribution < 1.29 is 24.5 Å². The molecule has 0 saturated carbocycles. The molecular formula is C25H32N2O5. The van der Waals surface area contributed by atoms with Gasteiger partial charge < -0.3 is 20.3 Å². The summed E-state index contributed by atoms with van der Waals surface area (Å²) in [6, 6.07) is 14.8. The minimum atomic E-state index is -1.13. The number of nitrogens with zero attached hydrogens (tertiary/aromatic N) is 1. The Bertz CT molecular complexity index is 874. The van der Waals surface area contributed by atoms with E-state index >= 15 is 0 Å². The molecule has 3 rings (SSSR count). The van der Waals surface area contributed by atoms with E-state index in [0.717, 1.165) is 51.3 Å². The lowest BCUT2D eigenvalue weighted by molar-refractivity contribution is -0.125. The average molecular weight is 441 g/mol. The summed E-state index contributed by atoms with van der Waals surface area (Å²) >= 11 is 0. The molecule has 1 saturated heterocycles. The standard InChI is InChI=1S/C25H32N2O5/c1-18(29)24(23(30)17-28)26-25(31)22-10-8-20(9-11-22)3-2-19-4-6-21(7-5-19)16-27-12-14-32-15-13-27/h4-11,18,24,28-29H,2-3,12-17H2,1H3,(H,26,31)/t18-,24+/m1/s1. The molecule has 0 spiro atoms. The number of aliphatic hydroxyl groups excluding tert-OH is 2. The Morgan fingerprint density at radius 3 is 2.03 bits per heavy atom. The maximum Gasteiger partial charge on any atom is 0.251 e. The topological polar surface area (TPSA) is 99.1 Å². The molecule has 2 aromatic carbocycles. The van der Waals surface area contributed by atoms with E-state index in [0.29, 0.717) is 5.56 Å². The van der Waals surface area contributed by atoms with Gasteiger partial charge in [0.1, 0.15) is 12.6 Å². The molecule has 32 heavy (non-hydrogen) atoms. The van der Waals surface area contributed by atoms with Crippen LogP contribution >= 0.6 is 0 Å². The first-order valence-corrected chi connectivity index (χ1v) is 11.1. The normalized spacial score (nSPS) is 16.3. The number of benzene rings is 2. The fraction of sp³-hybridized carbons (Fsp3) is 0.440. The van der Waals surface area contributed by atoms with Crippen molar-refractivity contribution in [2.45, 2.75) is 38.5 Å². The van der Waals surface area contributed by atoms with Crippen molar-refractivity contribution in [1.29, 1.82) is 0 Å². The second-order valence-corrected chi connectivity index (χ2v) is 8.22. The smallest absolute Gasteiger partial charge is 0.251 e. The van der Waals surface area contributed by atoms with Crippen LogP contribution in [0, 0.1) is 0 Å². The van der Waals surface area contributed by atoms with Gasteiger partial charge in [0, 0.05) is 25.2 Å². The van der Waals surface area contributed by atoms with Crippen molar-refractivity contribution in [2.75, 3.05) is 32.9 Å². The van der Waals surface area contributed by atoms with E-state index < -0.39 is 30.4 Å². The van der Waals surface area contributed by atoms with E-state index in [2.05, 4.69) is 34.5 Å². The van der Waals surface area contributed by atoms with Gasteiger partial charge in [-0.25, -0.2) is 0 Å². The molecule has 1 aliphatic rings. The number of ether oxygens (including phenoxy) is 1. The van der Waals surface area contributed by atoms with Crippen LogP contribution in [0.15, 0.2) is 48.5 Å². The lowest BCUT2D eigenvalue weighted by atomic mass is 10.0. The molecule has 0 unspecified atom stereocenters. The zero-order valence-electron chi connectivity index (χ0n) is 18.5. The summed E-state index contributed by atoms with van der Waals surface area (Å²) in [6.45, 7) is 5.19. The molecule has 0 bridgehead atoms. The number of hydrogen-bond donors (Lipinski definition) is 3. The summed E-state index contributed by atoms with van der Waals surface area (Å²) < 4.78 is 5.39. The number of hydrogen-bond acceptors (Lipinski definition) is 6. The minimum Gasteiger partial charge on any atom is -0.391 e. The summed E-state index contributed by atoms with van der Waals surface area (Å²) in [4.78, 5) is 26.5. The maximum atomic E-state index is 12.4. The van der Waals surface area contributed by atoms with E-state index in [1.807, 2.05) is 12.1 Å². The highest BCUT2D eigenvalue weighted by molar-refractivity contribution is 5.98. The Labute approximate surface area is 189 Å². The van der Waals surface area contributed by atoms with Gasteiger partial charge in [-0.3, -0.25) is 14.5 Å². The quantitative estimate of drug-likeness (QED) is 0.516. The van der Waals surface area contributed by atoms with E-state index in [-0.39, 0.29) is 0 Å². The molecule has 172 valence electrons. The van der Waals surface area contributed by atoms with E-state index in [4.69, 9.17) is 9.84 Å². The van der Waals surface area contributed by atoms with Crippen molar-refractivity contribution in [3.8, 4) is 0 Å². The highest BCUT2D eigenvalue weighted by Crippen LogP contribution is 2.13. The van der Waals surface area contributed by atoms with Crippen molar-refractivity contribution in [3.63, 3.8) is 0 Å². The number of ketones is 1. The number of nitrogens with one attached hydrogen (secondary N) is 1. The second kappa shape index (κ2) is 11.9. The van der Waals surface area contributed by atoms with Gasteiger partial charge in [-0.05, 0) is 48.6 Å². The fourth-order valence-electron chi connectivity index (χ4n) is 3.73. The number of carbonyl (C=O) groups excluding carboxylic acids is 2. The first kappa shape index (κ1) is 24.1. The monoisotopic (exact) mass is 440 g/mol. The molecule has 7 heteroatoms. The predicted octanol–water partition coefficient (Wildman–Crippen LogP) is 1.34. The number of aliphatic hydroxyl groups is 2. The average Bonchev–Trinajstić information content (AvgIpc) is 2.82. The molecule has 1 heterocycles. The highest BCUT2D eigenvalue weighted by Gasteiger charge is 2.25. The van der Waals surface area contributed by atoms with Crippen LogP contribution in [0.5, 0.6) is 0 Å². The molecule has 1 aliphatic heterocycles. The number of Topliss-reactive ketones (excluding diaryl/α,β-unsaturated/α-hetero) is 1. The van der Waals surface area contributed by atoms with E-state index in [9.17, 15) is 14.7 Å². The van der Waals surface area contributed by atoms with Crippen LogP contribution in [0.2, 0.25) is 0 Å². The van der Waals surface area contributed by atoms with Gasteiger partial charge in [-0.1, -0.05) is 36.4 Å². The molecule has 1 fully saturated rings. The Kier molecular flexibility index (Phi) is 8.93. The van der Waals surface area contributed by atoms with Crippen LogP contribution < -0.4 is 5.32 Å². The Morgan fingerprint density at radius 2 is 1.50 bits per heavy atom. The number of aryl methyl sites for hydroxylation is 2. The summed E-state index contributed by atoms with van der Waals surface area (Å²) in [7, 11) is 0. The van der Waals surface area contributed by atoms with Crippen molar-refractivity contribution in [1.82, 2.24) is 10.2 Å². The zero-order valence-corrected chi connectivity index (χ0v) is 18.5. The van der Waals surface area contributed by atoms with E-state index in [1.54, 1.807) is 12.1 Å². The SMILES string of the molecule is C[C@@H](O)[C@H](NC(=O)c1ccc(CCc2ccc(CN3CCOCC3)cc2)cc1)C(=O)CO. The highest BCUT2D eigenvalue weighted by atomic mass is 16.5. The van der Waals surface area contributed by atoms with Crippen molar-refractivity contribution in [3.05, 3.63) is 70.8 Å². The molecule has 0 radical (unpaired) electrons. The Morgan fingerprint density at radius 1 is 0.969 bits per heavy atom. The van der Waals surface area contributed by atoms with Gasteiger partial charge >= 0.3 is 0 Å². The summed E-state index contributed by atoms with van der Waals surface area (Å²) in [6.07, 6.45) is 0.667. The number of rotatable bonds is 10. The lowest BCUT2D eigenvalue weighted by Gasteiger charge is -2.26. The molecular weight excluding hydrogens is 408 g/mol. The third-order valence-electron chi connectivity index (χ3n) is 5.72. The Hall–Kier alpha value is -2.58. The van der Waals surface area contributed by atoms with Gasteiger partial charge in [0.2, 0.25) is 0 Å². The van der Waals surface area contributed by atoms with Crippen LogP contribution in [0.25, 0.3) is 0 Å². The van der Waals surface area contributed by atoms with Crippen LogP contribution in [0.1, 0.15) is 34.0 Å². The number of morpholine rings is 1. The Balaban J connectivity index is 1.50. The third-order valence-corrected chi connectivity index (χ3v) is 5.72. The summed E-state index contributed by atoms with van der Waals surface area (Å²) in [5, 5.41) is 21.2. The summed E-state index contributed by atoms with van der Waals surface area (Å²) in [5.74, 6) is -1.08. The number of amides is 1. The maximum absolute atomic E-state index is 12.4. The van der Waals surface area contributed by atoms with E-state index in [1.165, 1.54) is 18.1 Å². The van der Waals surface area contributed by atoms with Crippen molar-refractivity contribution in [2.24, 2.45) is 0 Å². The number of carbonyl (C=O) groups is 2. The van der Waals surface area contributed by atoms with Crippen molar-refractivity contribution >= 4 is 11.7 Å². The van der Waals surface area contributed by atoms with Gasteiger partial charge in [0.05, 0.1) is 19.3 Å². The molecule has 1 amide bonds. The van der Waals surface area contributed by atoms with Crippen LogP contribution in [0.3, 0.4) is 0 Å². The summed E-state index contributed by atoms with van der Waals surface area (Å²) in [5.41, 5.74) is 4.08. The molecule has 3 N–H and O–H groups in total. The first-order chi connectivity index (χ1) is 15.5. The van der Waals surface area contributed by atoms with Crippen LogP contribution in [0.4, 0.5) is 0 Å². The van der Waals surface area contributed by atoms with Crippen LogP contribution in [-0.4, -0.2) is 71.9 Å². The fourth-order valence-corrected chi connectivity index (χ4v) is 3.73. The van der Waals surface area contributed by atoms with Crippen LogP contribution in [-0.2, 0) is 28.9 Å². The lowest BCUT2D eigenvalue weighted by Crippen LogP contribution is -2.48. The largest absolute Gasteiger partial charge is 0.391 e. The van der Waals surface area contributed by atoms with Gasteiger partial charge in [0.25, 0.3) is 5.91 Å². The zero-order chi connectivity index (χ0) is 22.9. The molecule has 2 aromatic rings. The molecule has 0 aromatic heterocycles. The predicted molar refractivity (Wildman–Crippen MR) is 121 cm³/mol. The molecule has 2 atom stereocenters. The second-order valence-electron chi connectivity index (χ2n) is 8.22. The first-order valence-electron chi connectivity index (χ1n) is 11.1. The molecule has 7 nitrogen and oxygen atoms in total. The minimum absolute atomic E-state index is 0.401. The van der Waals surface area contributed by atoms with Gasteiger partial charge in [-0.15, -0.1) is 0 Å². The van der Waals surface area contributed by atoms with Gasteiger partial charge in [-0.2, -0.15) is 0 Å². The molecule has 0 aliphatic carbocycles. The van der Waals surface area contributed by atoms with Gasteiger partial charge in [0.15, 0.2) is 5.78 Å².